The summed E-state index contributed by atoms with van der Waals surface area (Å²) in [5, 5.41) is 0.355. The normalized spacial score (nSPS) is 39.0. The fourth-order valence-electron chi connectivity index (χ4n) is 3.24. The van der Waals surface area contributed by atoms with Gasteiger partial charge in [0.1, 0.15) is 0 Å². The standard InChI is InChI=1S/C11H14BrNO4/c1-9(2)10(5-12)3-4-11(9,6(13)14)8(16)17-7(10)15/h3-5H2,1-2H3,(H2,13,14)/t10-,11+/m0/s1. The third kappa shape index (κ3) is 1.07. The van der Waals surface area contributed by atoms with Crippen LogP contribution in [0.5, 0.6) is 0 Å². The van der Waals surface area contributed by atoms with Crippen molar-refractivity contribution < 1.29 is 19.1 Å². The van der Waals surface area contributed by atoms with Crippen LogP contribution in [0.1, 0.15) is 26.7 Å². The smallest absolute Gasteiger partial charge is 0.329 e. The lowest BCUT2D eigenvalue weighted by atomic mass is 9.57. The first-order valence-electron chi connectivity index (χ1n) is 5.39. The Morgan fingerprint density at radius 2 is 1.94 bits per heavy atom. The highest BCUT2D eigenvalue weighted by molar-refractivity contribution is 9.09. The molecule has 1 amide bonds. The second-order valence-corrected chi connectivity index (χ2v) is 5.85. The maximum absolute atomic E-state index is 12.0. The highest BCUT2D eigenvalue weighted by Gasteiger charge is 2.76. The Labute approximate surface area is 107 Å². The monoisotopic (exact) mass is 303 g/mol. The number of carbonyl (C=O) groups excluding carboxylic acids is 3. The molecule has 2 N–H and O–H groups in total. The van der Waals surface area contributed by atoms with Gasteiger partial charge >= 0.3 is 11.9 Å². The van der Waals surface area contributed by atoms with Crippen molar-refractivity contribution in [1.82, 2.24) is 0 Å². The van der Waals surface area contributed by atoms with Gasteiger partial charge in [0.2, 0.25) is 5.91 Å². The second kappa shape index (κ2) is 3.31. The number of carbonyl (C=O) groups is 3. The Bertz CT molecular complexity index is 433. The summed E-state index contributed by atoms with van der Waals surface area (Å²) in [5.41, 5.74) is 2.33. The number of amides is 1. The second-order valence-electron chi connectivity index (χ2n) is 5.29. The van der Waals surface area contributed by atoms with Crippen LogP contribution in [0.2, 0.25) is 0 Å². The average Bonchev–Trinajstić information content (AvgIpc) is 2.38. The lowest BCUT2D eigenvalue weighted by Gasteiger charge is -2.48. The summed E-state index contributed by atoms with van der Waals surface area (Å²) in [7, 11) is 0. The van der Waals surface area contributed by atoms with Gasteiger partial charge in [-0.15, -0.1) is 0 Å². The van der Waals surface area contributed by atoms with Crippen molar-refractivity contribution >= 4 is 33.8 Å². The fourth-order valence-corrected chi connectivity index (χ4v) is 4.45. The summed E-state index contributed by atoms with van der Waals surface area (Å²) in [6, 6.07) is 0. The van der Waals surface area contributed by atoms with Crippen LogP contribution in [0.3, 0.4) is 0 Å². The van der Waals surface area contributed by atoms with Crippen LogP contribution in [0, 0.1) is 16.2 Å². The molecule has 2 atom stereocenters. The van der Waals surface area contributed by atoms with E-state index in [1.165, 1.54) is 0 Å². The van der Waals surface area contributed by atoms with E-state index in [1.54, 1.807) is 13.8 Å². The predicted molar refractivity (Wildman–Crippen MR) is 62.0 cm³/mol. The van der Waals surface area contributed by atoms with Gasteiger partial charge in [0.25, 0.3) is 0 Å². The van der Waals surface area contributed by atoms with Crippen molar-refractivity contribution in [2.24, 2.45) is 22.0 Å². The highest BCUT2D eigenvalue weighted by Crippen LogP contribution is 2.66. The molecule has 94 valence electrons. The van der Waals surface area contributed by atoms with Crippen molar-refractivity contribution in [2.75, 3.05) is 5.33 Å². The van der Waals surface area contributed by atoms with Crippen LogP contribution >= 0.6 is 15.9 Å². The fraction of sp³-hybridized carbons (Fsp3) is 0.727. The van der Waals surface area contributed by atoms with E-state index in [-0.39, 0.29) is 6.42 Å². The molecular weight excluding hydrogens is 290 g/mol. The van der Waals surface area contributed by atoms with E-state index in [0.29, 0.717) is 11.8 Å². The molecule has 6 heteroatoms. The number of rotatable bonds is 2. The predicted octanol–water partition coefficient (Wildman–Crippen LogP) is 0.743. The minimum Gasteiger partial charge on any atom is -0.392 e. The number of hydrogen-bond acceptors (Lipinski definition) is 4. The zero-order valence-corrected chi connectivity index (χ0v) is 11.3. The summed E-state index contributed by atoms with van der Waals surface area (Å²) in [4.78, 5) is 35.6. The molecule has 5 nitrogen and oxygen atoms in total. The Kier molecular flexibility index (Phi) is 2.44. The van der Waals surface area contributed by atoms with Crippen molar-refractivity contribution in [3.05, 3.63) is 0 Å². The molecule has 0 aromatic heterocycles. The quantitative estimate of drug-likeness (QED) is 0.463. The van der Waals surface area contributed by atoms with Gasteiger partial charge < -0.3 is 10.5 Å². The van der Waals surface area contributed by atoms with Gasteiger partial charge in [-0.05, 0) is 12.8 Å². The first kappa shape index (κ1) is 12.5. The molecule has 1 saturated heterocycles. The third-order valence-corrected chi connectivity index (χ3v) is 5.72. The van der Waals surface area contributed by atoms with Crippen LogP contribution in [0.4, 0.5) is 0 Å². The number of cyclic esters (lactones) is 2. The summed E-state index contributed by atoms with van der Waals surface area (Å²) in [5.74, 6) is -2.06. The first-order chi connectivity index (χ1) is 7.76. The molecule has 0 spiro atoms. The minimum absolute atomic E-state index is 0.269. The maximum atomic E-state index is 12.0. The highest BCUT2D eigenvalue weighted by atomic mass is 79.9. The lowest BCUT2D eigenvalue weighted by molar-refractivity contribution is -0.195. The summed E-state index contributed by atoms with van der Waals surface area (Å²) in [6.07, 6.45) is 0.699. The molecule has 0 radical (unpaired) electrons. The van der Waals surface area contributed by atoms with Gasteiger partial charge in [-0.1, -0.05) is 29.8 Å². The average molecular weight is 304 g/mol. The molecule has 2 bridgehead atoms. The lowest BCUT2D eigenvalue weighted by Crippen LogP contribution is -2.62. The SMILES string of the molecule is CC1(C)[C@]2(CBr)CC[C@@]1(C(N)=O)C(=O)OC2=O. The van der Waals surface area contributed by atoms with Crippen molar-refractivity contribution in [1.29, 1.82) is 0 Å². The molecule has 1 heterocycles. The van der Waals surface area contributed by atoms with E-state index in [0.717, 1.165) is 0 Å². The Balaban J connectivity index is 2.69. The van der Waals surface area contributed by atoms with Gasteiger partial charge in [-0.3, -0.25) is 14.4 Å². The Morgan fingerprint density at radius 3 is 2.41 bits per heavy atom. The largest absolute Gasteiger partial charge is 0.392 e. The zero-order valence-electron chi connectivity index (χ0n) is 9.71. The number of ether oxygens (including phenoxy) is 1. The van der Waals surface area contributed by atoms with Crippen molar-refractivity contribution in [2.45, 2.75) is 26.7 Å². The molecule has 1 saturated carbocycles. The number of nitrogens with two attached hydrogens (primary N) is 1. The number of hydrogen-bond donors (Lipinski definition) is 1. The van der Waals surface area contributed by atoms with E-state index in [2.05, 4.69) is 15.9 Å². The molecule has 0 aromatic carbocycles. The Morgan fingerprint density at radius 1 is 1.35 bits per heavy atom. The number of fused-ring (bicyclic) bond motifs is 2. The van der Waals surface area contributed by atoms with E-state index < -0.39 is 34.1 Å². The topological polar surface area (TPSA) is 86.5 Å². The zero-order chi connectivity index (χ0) is 13.1. The van der Waals surface area contributed by atoms with Crippen LogP contribution in [-0.4, -0.2) is 23.2 Å². The molecule has 2 rings (SSSR count). The molecular formula is C11H14BrNO4. The molecule has 2 aliphatic rings. The van der Waals surface area contributed by atoms with Gasteiger partial charge in [0.15, 0.2) is 5.41 Å². The van der Waals surface area contributed by atoms with Gasteiger partial charge in [-0.2, -0.15) is 0 Å². The number of halogens is 1. The number of primary amides is 1. The first-order valence-corrected chi connectivity index (χ1v) is 6.51. The van der Waals surface area contributed by atoms with E-state index in [4.69, 9.17) is 10.5 Å². The molecule has 1 aliphatic carbocycles. The van der Waals surface area contributed by atoms with E-state index in [9.17, 15) is 14.4 Å². The van der Waals surface area contributed by atoms with Crippen molar-refractivity contribution in [3.63, 3.8) is 0 Å². The van der Waals surface area contributed by atoms with Crippen LogP contribution < -0.4 is 5.73 Å². The molecule has 17 heavy (non-hydrogen) atoms. The van der Waals surface area contributed by atoms with Gasteiger partial charge in [0, 0.05) is 10.7 Å². The van der Waals surface area contributed by atoms with E-state index >= 15 is 0 Å². The summed E-state index contributed by atoms with van der Waals surface area (Å²) in [6.45, 7) is 3.48. The van der Waals surface area contributed by atoms with Crippen LogP contribution in [0.25, 0.3) is 0 Å². The number of esters is 2. The Hall–Kier alpha value is -0.910. The molecule has 1 aliphatic heterocycles. The van der Waals surface area contributed by atoms with Gasteiger partial charge in [0.05, 0.1) is 5.41 Å². The van der Waals surface area contributed by atoms with Crippen LogP contribution in [-0.2, 0) is 19.1 Å². The summed E-state index contributed by atoms with van der Waals surface area (Å²) < 4.78 is 4.76. The molecule has 2 fully saturated rings. The van der Waals surface area contributed by atoms with E-state index in [1.807, 2.05) is 0 Å². The molecule has 0 unspecified atom stereocenters. The number of alkyl halides is 1. The third-order valence-electron chi connectivity index (χ3n) is 4.76. The maximum Gasteiger partial charge on any atom is 0.329 e. The van der Waals surface area contributed by atoms with Crippen molar-refractivity contribution in [3.8, 4) is 0 Å². The minimum atomic E-state index is -1.38. The molecule has 0 aromatic rings. The summed E-state index contributed by atoms with van der Waals surface area (Å²) >= 11 is 3.30. The van der Waals surface area contributed by atoms with Crippen LogP contribution in [0.15, 0.2) is 0 Å². The van der Waals surface area contributed by atoms with Gasteiger partial charge in [-0.25, -0.2) is 0 Å².